The summed E-state index contributed by atoms with van der Waals surface area (Å²) < 4.78 is 141. The molecule has 3 unspecified atom stereocenters. The molecule has 0 aliphatic carbocycles. The van der Waals surface area contributed by atoms with E-state index < -0.39 is 64.6 Å². The first kappa shape index (κ1) is 26.9. The zero-order valence-corrected chi connectivity index (χ0v) is 18.6. The Kier molecular flexibility index (Phi) is 6.72. The van der Waals surface area contributed by atoms with Gasteiger partial charge in [0.1, 0.15) is 28.5 Å². The predicted octanol–water partition coefficient (Wildman–Crippen LogP) is 6.44. The van der Waals surface area contributed by atoms with E-state index >= 15 is 0 Å². The fraction of sp³-hybridized carbons (Fsp3) is 0.350. The number of hydrogen-bond donors (Lipinski definition) is 0. The van der Waals surface area contributed by atoms with E-state index in [1.54, 1.807) is 0 Å². The fourth-order valence-corrected chi connectivity index (χ4v) is 4.15. The number of nitrogens with zero attached hydrogens (tertiary/aromatic N) is 2. The number of rotatable bonds is 3. The minimum atomic E-state index is -5.63. The van der Waals surface area contributed by atoms with Crippen LogP contribution in [-0.4, -0.2) is 30.5 Å². The van der Waals surface area contributed by atoms with Gasteiger partial charge in [0, 0.05) is 6.21 Å². The number of pyridine rings is 1. The third kappa shape index (κ3) is 4.74. The van der Waals surface area contributed by atoms with Crippen LogP contribution in [-0.2, 0) is 27.3 Å². The molecule has 0 amide bonds. The highest BCUT2D eigenvalue weighted by molar-refractivity contribution is 9.10. The average molecular weight is 581 g/mol. The zero-order valence-electron chi connectivity index (χ0n) is 17.0. The topological polar surface area (TPSA) is 51.5 Å². The van der Waals surface area contributed by atoms with Gasteiger partial charge in [0.05, 0.1) is 17.6 Å². The number of methoxy groups -OCH3 is 1. The van der Waals surface area contributed by atoms with Crippen molar-refractivity contribution in [3.05, 3.63) is 63.1 Å². The number of carbonyl (C=O) groups excluding carboxylic acids is 1. The summed E-state index contributed by atoms with van der Waals surface area (Å²) in [6, 6.07) is 0.556. The Bertz CT molecular complexity index is 1140. The lowest BCUT2D eigenvalue weighted by molar-refractivity contribution is -0.192. The van der Waals surface area contributed by atoms with Gasteiger partial charge in [-0.25, -0.2) is 9.37 Å². The molecule has 15 heteroatoms. The molecule has 35 heavy (non-hydrogen) atoms. The molecular formula is C20H11BrF10N2O2. The number of hydrogen-bond acceptors (Lipinski definition) is 4. The van der Waals surface area contributed by atoms with E-state index in [2.05, 4.69) is 30.6 Å². The second-order valence-electron chi connectivity index (χ2n) is 7.39. The van der Waals surface area contributed by atoms with Crippen molar-refractivity contribution in [2.75, 3.05) is 7.11 Å². The van der Waals surface area contributed by atoms with Gasteiger partial charge < -0.3 is 4.74 Å². The van der Waals surface area contributed by atoms with E-state index in [1.807, 2.05) is 0 Å². The molecule has 0 saturated heterocycles. The van der Waals surface area contributed by atoms with Crippen LogP contribution in [0.25, 0.3) is 0 Å². The summed E-state index contributed by atoms with van der Waals surface area (Å²) in [5.41, 5.74) is -10.0. The molecule has 2 aromatic rings. The summed E-state index contributed by atoms with van der Waals surface area (Å²) >= 11 is 2.82. The molecule has 0 bridgehead atoms. The van der Waals surface area contributed by atoms with Crippen LogP contribution in [0.3, 0.4) is 0 Å². The highest BCUT2D eigenvalue weighted by Crippen LogP contribution is 2.55. The Labute approximate surface area is 198 Å². The first-order valence-electron chi connectivity index (χ1n) is 9.24. The van der Waals surface area contributed by atoms with Crippen LogP contribution in [0, 0.1) is 11.7 Å². The van der Waals surface area contributed by atoms with Crippen LogP contribution in [0.1, 0.15) is 28.6 Å². The average Bonchev–Trinajstić information content (AvgIpc) is 3.15. The summed E-state index contributed by atoms with van der Waals surface area (Å²) in [6.45, 7) is 0. The number of carbonyl (C=O) groups is 1. The van der Waals surface area contributed by atoms with E-state index in [4.69, 9.17) is 0 Å². The number of halogens is 11. The van der Waals surface area contributed by atoms with Gasteiger partial charge in [0.25, 0.3) is 0 Å². The van der Waals surface area contributed by atoms with Gasteiger partial charge in [0.15, 0.2) is 0 Å². The molecule has 1 aromatic carbocycles. The van der Waals surface area contributed by atoms with Crippen LogP contribution in [0.15, 0.2) is 39.8 Å². The smallest absolute Gasteiger partial charge is 0.433 e. The summed E-state index contributed by atoms with van der Waals surface area (Å²) in [5, 5.41) is 0. The Morgan fingerprint density at radius 3 is 1.94 bits per heavy atom. The quantitative estimate of drug-likeness (QED) is 0.310. The molecule has 1 aliphatic heterocycles. The first-order chi connectivity index (χ1) is 15.9. The highest BCUT2D eigenvalue weighted by atomic mass is 79.9. The molecule has 0 N–H and O–H groups in total. The minimum absolute atomic E-state index is 0.0756. The van der Waals surface area contributed by atoms with Gasteiger partial charge in [0.2, 0.25) is 0 Å². The van der Waals surface area contributed by atoms with E-state index in [-0.39, 0.29) is 28.4 Å². The van der Waals surface area contributed by atoms with Crippen LogP contribution < -0.4 is 0 Å². The largest absolute Gasteiger partial charge is 0.469 e. The van der Waals surface area contributed by atoms with Crippen molar-refractivity contribution in [2.24, 2.45) is 10.9 Å². The number of aliphatic imine (C=N–C) groups is 1. The van der Waals surface area contributed by atoms with Crippen molar-refractivity contribution >= 4 is 28.1 Å². The molecule has 3 atom stereocenters. The molecule has 1 aliphatic rings. The minimum Gasteiger partial charge on any atom is -0.469 e. The number of esters is 1. The lowest BCUT2D eigenvalue weighted by Gasteiger charge is -2.36. The van der Waals surface area contributed by atoms with E-state index in [0.717, 1.165) is 18.2 Å². The lowest BCUT2D eigenvalue weighted by atomic mass is 9.68. The summed E-state index contributed by atoms with van der Waals surface area (Å²) in [6.07, 6.45) is -16.7. The molecule has 4 nitrogen and oxygen atoms in total. The number of aromatic nitrogens is 1. The van der Waals surface area contributed by atoms with Gasteiger partial charge in [-0.1, -0.05) is 6.07 Å². The van der Waals surface area contributed by atoms with Gasteiger partial charge in [-0.2, -0.15) is 39.5 Å². The second kappa shape index (κ2) is 8.75. The summed E-state index contributed by atoms with van der Waals surface area (Å²) in [4.78, 5) is 18.7. The zero-order chi connectivity index (χ0) is 26.6. The van der Waals surface area contributed by atoms with Gasteiger partial charge in [-0.3, -0.25) is 9.79 Å². The molecular weight excluding hydrogens is 570 g/mol. The Morgan fingerprint density at radius 1 is 0.971 bits per heavy atom. The third-order valence-corrected chi connectivity index (χ3v) is 5.95. The van der Waals surface area contributed by atoms with Crippen LogP contribution >= 0.6 is 15.9 Å². The summed E-state index contributed by atoms with van der Waals surface area (Å²) in [7, 11) is 0.689. The number of alkyl halides is 9. The fourth-order valence-electron chi connectivity index (χ4n) is 3.76. The highest BCUT2D eigenvalue weighted by Gasteiger charge is 2.67. The molecule has 0 fully saturated rings. The van der Waals surface area contributed by atoms with Crippen LogP contribution in [0.2, 0.25) is 0 Å². The second-order valence-corrected chi connectivity index (χ2v) is 8.24. The molecule has 190 valence electrons. The number of ether oxygens (including phenoxy) is 1. The molecule has 2 heterocycles. The van der Waals surface area contributed by atoms with Crippen molar-refractivity contribution in [1.82, 2.24) is 4.98 Å². The third-order valence-electron chi connectivity index (χ3n) is 5.34. The lowest BCUT2D eigenvalue weighted by Crippen LogP contribution is -2.52. The van der Waals surface area contributed by atoms with Crippen molar-refractivity contribution < 1.29 is 53.4 Å². The SMILES string of the molecule is COC(=O)C1C(c2ccc(F)c(Br)c2)N=CC1(c1cc(C(F)(F)F)nc(C(F)(F)F)c1)C(F)(F)F. The van der Waals surface area contributed by atoms with E-state index in [1.165, 1.54) is 0 Å². The maximum atomic E-state index is 14.6. The van der Waals surface area contributed by atoms with Crippen molar-refractivity contribution in [2.45, 2.75) is 30.0 Å². The van der Waals surface area contributed by atoms with Crippen molar-refractivity contribution in [3.8, 4) is 0 Å². The van der Waals surface area contributed by atoms with Crippen LogP contribution in [0.5, 0.6) is 0 Å². The molecule has 1 aromatic heterocycles. The Morgan fingerprint density at radius 2 is 1.51 bits per heavy atom. The summed E-state index contributed by atoms with van der Waals surface area (Å²) in [5.74, 6) is -4.94. The predicted molar refractivity (Wildman–Crippen MR) is 103 cm³/mol. The van der Waals surface area contributed by atoms with Crippen LogP contribution in [0.4, 0.5) is 43.9 Å². The van der Waals surface area contributed by atoms with Crippen molar-refractivity contribution in [3.63, 3.8) is 0 Å². The maximum absolute atomic E-state index is 14.6. The molecule has 0 spiro atoms. The Balaban J connectivity index is 2.37. The standard InChI is InChI=1S/C20H11BrF10N2O2/c1-35-16(34)14-15(8-2-3-11(22)10(21)4-8)32-7-17(14,20(29,30)31)9-5-12(18(23,24)25)33-13(6-9)19(26,27)28/h2-7,14-15H,1H3. The molecule has 0 saturated carbocycles. The number of benzene rings is 1. The first-order valence-corrected chi connectivity index (χ1v) is 10.0. The normalized spacial score (nSPS) is 23.0. The molecule has 0 radical (unpaired) electrons. The van der Waals surface area contributed by atoms with Crippen molar-refractivity contribution in [1.29, 1.82) is 0 Å². The maximum Gasteiger partial charge on any atom is 0.433 e. The van der Waals surface area contributed by atoms with E-state index in [0.29, 0.717) is 7.11 Å². The van der Waals surface area contributed by atoms with Gasteiger partial charge >= 0.3 is 24.5 Å². The van der Waals surface area contributed by atoms with E-state index in [9.17, 15) is 48.7 Å². The monoisotopic (exact) mass is 580 g/mol. The Hall–Kier alpha value is -2.71. The van der Waals surface area contributed by atoms with Gasteiger partial charge in [-0.15, -0.1) is 0 Å². The van der Waals surface area contributed by atoms with Gasteiger partial charge in [-0.05, 0) is 51.3 Å². The molecule has 3 rings (SSSR count).